The van der Waals surface area contributed by atoms with Crippen LogP contribution in [0, 0.1) is 0 Å². The average Bonchev–Trinajstić information content (AvgIpc) is 2.63. The van der Waals surface area contributed by atoms with E-state index in [4.69, 9.17) is 0 Å². The van der Waals surface area contributed by atoms with Crippen LogP contribution in [0.3, 0.4) is 0 Å². The number of allylic oxidation sites excluding steroid dienone is 1. The smallest absolute Gasteiger partial charge is 0.00209 e. The molecule has 0 unspecified atom stereocenters. The van der Waals surface area contributed by atoms with E-state index in [9.17, 15) is 0 Å². The van der Waals surface area contributed by atoms with Crippen molar-refractivity contribution in [2.45, 2.75) is 39.0 Å². The molecule has 72 valence electrons. The first-order chi connectivity index (χ1) is 6.43. The van der Waals surface area contributed by atoms with Gasteiger partial charge >= 0.3 is 0 Å². The summed E-state index contributed by atoms with van der Waals surface area (Å²) in [4.78, 5) is 0. The summed E-state index contributed by atoms with van der Waals surface area (Å²) >= 11 is 1.76. The lowest BCUT2D eigenvalue weighted by molar-refractivity contribution is 0.675. The van der Waals surface area contributed by atoms with Crippen LogP contribution in [0.1, 0.15) is 44.6 Å². The summed E-state index contributed by atoms with van der Waals surface area (Å²) in [7, 11) is 0. The maximum atomic E-state index is 2.29. The van der Waals surface area contributed by atoms with Crippen molar-refractivity contribution in [2.24, 2.45) is 0 Å². The van der Waals surface area contributed by atoms with Crippen LogP contribution in [0.4, 0.5) is 0 Å². The minimum Gasteiger partial charge on any atom is -0.152 e. The lowest BCUT2D eigenvalue weighted by Crippen LogP contribution is -1.73. The Morgan fingerprint density at radius 2 is 2.23 bits per heavy atom. The van der Waals surface area contributed by atoms with Gasteiger partial charge in [-0.1, -0.05) is 38.3 Å². The van der Waals surface area contributed by atoms with Gasteiger partial charge < -0.3 is 0 Å². The molecule has 0 fully saturated rings. The first kappa shape index (κ1) is 10.5. The van der Waals surface area contributed by atoms with E-state index in [2.05, 4.69) is 35.9 Å². The number of rotatable bonds is 6. The fraction of sp³-hybridized carbons (Fsp3) is 0.500. The Morgan fingerprint density at radius 1 is 1.31 bits per heavy atom. The van der Waals surface area contributed by atoms with E-state index in [0.717, 1.165) is 0 Å². The van der Waals surface area contributed by atoms with Gasteiger partial charge in [-0.15, -0.1) is 0 Å². The molecule has 0 amide bonds. The van der Waals surface area contributed by atoms with Gasteiger partial charge in [-0.25, -0.2) is 0 Å². The van der Waals surface area contributed by atoms with Crippen molar-refractivity contribution in [3.63, 3.8) is 0 Å². The highest BCUT2D eigenvalue weighted by molar-refractivity contribution is 7.08. The van der Waals surface area contributed by atoms with Gasteiger partial charge in [0.2, 0.25) is 0 Å². The SMILES string of the molecule is CCCCCCC=Cc1ccsc1. The number of hydrogen-bond donors (Lipinski definition) is 0. The quantitative estimate of drug-likeness (QED) is 0.574. The summed E-state index contributed by atoms with van der Waals surface area (Å²) in [5.41, 5.74) is 1.35. The van der Waals surface area contributed by atoms with Crippen molar-refractivity contribution < 1.29 is 0 Å². The molecule has 0 radical (unpaired) electrons. The van der Waals surface area contributed by atoms with Crippen LogP contribution in [-0.4, -0.2) is 0 Å². The molecule has 0 atom stereocenters. The zero-order chi connectivity index (χ0) is 9.36. The molecule has 0 aliphatic heterocycles. The van der Waals surface area contributed by atoms with Gasteiger partial charge in [-0.2, -0.15) is 11.3 Å². The molecule has 0 nitrogen and oxygen atoms in total. The Kier molecular flexibility index (Phi) is 5.59. The monoisotopic (exact) mass is 194 g/mol. The molecule has 1 heterocycles. The molecule has 1 heteroatoms. The third-order valence-electron chi connectivity index (χ3n) is 2.08. The summed E-state index contributed by atoms with van der Waals surface area (Å²) in [6.45, 7) is 2.25. The van der Waals surface area contributed by atoms with E-state index >= 15 is 0 Å². The Bertz CT molecular complexity index is 221. The molecule has 0 saturated heterocycles. The predicted octanol–water partition coefficient (Wildman–Crippen LogP) is 4.73. The van der Waals surface area contributed by atoms with Crippen LogP contribution in [0.25, 0.3) is 6.08 Å². The minimum absolute atomic E-state index is 1.23. The summed E-state index contributed by atoms with van der Waals surface area (Å²) in [5.74, 6) is 0. The molecule has 0 aromatic carbocycles. The number of hydrogen-bond acceptors (Lipinski definition) is 1. The van der Waals surface area contributed by atoms with E-state index < -0.39 is 0 Å². The van der Waals surface area contributed by atoms with E-state index in [1.807, 2.05) is 0 Å². The third kappa shape index (κ3) is 4.89. The van der Waals surface area contributed by atoms with E-state index in [0.29, 0.717) is 0 Å². The molecule has 0 bridgehead atoms. The predicted molar refractivity (Wildman–Crippen MR) is 62.1 cm³/mol. The second kappa shape index (κ2) is 6.90. The van der Waals surface area contributed by atoms with Crippen molar-refractivity contribution in [2.75, 3.05) is 0 Å². The second-order valence-corrected chi connectivity index (χ2v) is 4.09. The Labute approximate surface area is 85.3 Å². The van der Waals surface area contributed by atoms with Crippen LogP contribution < -0.4 is 0 Å². The molecular weight excluding hydrogens is 176 g/mol. The molecule has 1 aromatic heterocycles. The molecular formula is C12H18S. The van der Waals surface area contributed by atoms with Gasteiger partial charge in [0.1, 0.15) is 0 Å². The zero-order valence-corrected chi connectivity index (χ0v) is 9.15. The highest BCUT2D eigenvalue weighted by Gasteiger charge is 1.86. The van der Waals surface area contributed by atoms with Crippen molar-refractivity contribution >= 4 is 17.4 Å². The van der Waals surface area contributed by atoms with Crippen LogP contribution >= 0.6 is 11.3 Å². The Balaban J connectivity index is 2.05. The van der Waals surface area contributed by atoms with Gasteiger partial charge in [-0.3, -0.25) is 0 Å². The molecule has 1 aromatic rings. The molecule has 0 N–H and O–H groups in total. The first-order valence-corrected chi connectivity index (χ1v) is 6.06. The topological polar surface area (TPSA) is 0 Å². The molecule has 13 heavy (non-hydrogen) atoms. The second-order valence-electron chi connectivity index (χ2n) is 3.31. The minimum atomic E-state index is 1.23. The zero-order valence-electron chi connectivity index (χ0n) is 8.33. The summed E-state index contributed by atoms with van der Waals surface area (Å²) in [6.07, 6.45) is 11.2. The largest absolute Gasteiger partial charge is 0.152 e. The van der Waals surface area contributed by atoms with Crippen molar-refractivity contribution in [3.05, 3.63) is 28.5 Å². The fourth-order valence-electron chi connectivity index (χ4n) is 1.28. The molecule has 0 aliphatic carbocycles. The van der Waals surface area contributed by atoms with Gasteiger partial charge in [0, 0.05) is 0 Å². The molecule has 0 aliphatic rings. The summed E-state index contributed by atoms with van der Waals surface area (Å²) < 4.78 is 0. The van der Waals surface area contributed by atoms with Crippen LogP contribution in [-0.2, 0) is 0 Å². The van der Waals surface area contributed by atoms with Gasteiger partial charge in [0.25, 0.3) is 0 Å². The van der Waals surface area contributed by atoms with Crippen molar-refractivity contribution in [3.8, 4) is 0 Å². The summed E-state index contributed by atoms with van der Waals surface area (Å²) in [5, 5.41) is 4.30. The lowest BCUT2D eigenvalue weighted by atomic mass is 10.1. The van der Waals surface area contributed by atoms with Gasteiger partial charge in [0.15, 0.2) is 0 Å². The van der Waals surface area contributed by atoms with E-state index in [1.165, 1.54) is 37.7 Å². The van der Waals surface area contributed by atoms with E-state index in [1.54, 1.807) is 11.3 Å². The third-order valence-corrected chi connectivity index (χ3v) is 2.78. The molecule has 0 saturated carbocycles. The lowest BCUT2D eigenvalue weighted by Gasteiger charge is -1.93. The maximum absolute atomic E-state index is 2.29. The number of unbranched alkanes of at least 4 members (excludes halogenated alkanes) is 4. The van der Waals surface area contributed by atoms with Gasteiger partial charge in [0.05, 0.1) is 0 Å². The first-order valence-electron chi connectivity index (χ1n) is 5.12. The van der Waals surface area contributed by atoms with Crippen molar-refractivity contribution in [1.29, 1.82) is 0 Å². The molecule has 1 rings (SSSR count). The van der Waals surface area contributed by atoms with Gasteiger partial charge in [-0.05, 0) is 35.2 Å². The van der Waals surface area contributed by atoms with Crippen LogP contribution in [0.15, 0.2) is 22.9 Å². The highest BCUT2D eigenvalue weighted by Crippen LogP contribution is 2.09. The fourth-order valence-corrected chi connectivity index (χ4v) is 1.91. The van der Waals surface area contributed by atoms with Crippen LogP contribution in [0.5, 0.6) is 0 Å². The maximum Gasteiger partial charge on any atom is -0.00209 e. The molecule has 0 spiro atoms. The Hall–Kier alpha value is -0.560. The normalized spacial score (nSPS) is 11.2. The van der Waals surface area contributed by atoms with Crippen molar-refractivity contribution in [1.82, 2.24) is 0 Å². The summed E-state index contributed by atoms with van der Waals surface area (Å²) in [6, 6.07) is 2.16. The Morgan fingerprint density at radius 3 is 2.92 bits per heavy atom. The van der Waals surface area contributed by atoms with E-state index in [-0.39, 0.29) is 0 Å². The highest BCUT2D eigenvalue weighted by atomic mass is 32.1. The van der Waals surface area contributed by atoms with Crippen LogP contribution in [0.2, 0.25) is 0 Å². The average molecular weight is 194 g/mol. The number of thiophene rings is 1. The standard InChI is InChI=1S/C12H18S/c1-2-3-4-5-6-7-8-12-9-10-13-11-12/h7-11H,2-6H2,1H3.